The van der Waals surface area contributed by atoms with E-state index in [4.69, 9.17) is 4.74 Å². The van der Waals surface area contributed by atoms with E-state index >= 15 is 0 Å². The van der Waals surface area contributed by atoms with E-state index in [1.54, 1.807) is 18.9 Å². The Morgan fingerprint density at radius 3 is 2.31 bits per heavy atom. The maximum Gasteiger partial charge on any atom is 0.371 e. The van der Waals surface area contributed by atoms with E-state index in [2.05, 4.69) is 5.32 Å². The minimum atomic E-state index is -1.10. The summed E-state index contributed by atoms with van der Waals surface area (Å²) in [7, 11) is 1.72. The van der Waals surface area contributed by atoms with Crippen LogP contribution in [-0.2, 0) is 9.53 Å². The number of aliphatic carboxylic acids is 1. The first kappa shape index (κ1) is 22.6. The molecule has 2 amide bonds. The zero-order chi connectivity index (χ0) is 23.1. The van der Waals surface area contributed by atoms with Crippen molar-refractivity contribution in [3.05, 3.63) is 89.7 Å². The molecule has 0 heterocycles. The fourth-order valence-corrected chi connectivity index (χ4v) is 3.10. The number of nitrogens with zero attached hydrogens (tertiary/aromatic N) is 1. The van der Waals surface area contributed by atoms with Gasteiger partial charge in [-0.1, -0.05) is 54.1 Å². The molecular weight excluding hydrogens is 404 g/mol. The topological polar surface area (TPSA) is 78.9 Å². The van der Waals surface area contributed by atoms with Gasteiger partial charge in [0.15, 0.2) is 0 Å². The number of urea groups is 1. The zero-order valence-corrected chi connectivity index (χ0v) is 18.3. The van der Waals surface area contributed by atoms with Crippen LogP contribution in [0, 0.1) is 6.92 Å². The quantitative estimate of drug-likeness (QED) is 0.367. The molecule has 3 aromatic rings. The van der Waals surface area contributed by atoms with E-state index in [0.717, 1.165) is 33.6 Å². The molecule has 0 saturated heterocycles. The average molecular weight is 431 g/mol. The SMILES string of the molecule is CCO/C(=C/c1ccc(-c2cccc(N(C)C(=O)Nc3ccc(C)cc3)c2)cc1)C(=O)O. The van der Waals surface area contributed by atoms with E-state index < -0.39 is 5.97 Å². The second-order valence-electron chi connectivity index (χ2n) is 7.27. The smallest absolute Gasteiger partial charge is 0.371 e. The number of hydrogen-bond acceptors (Lipinski definition) is 3. The predicted octanol–water partition coefficient (Wildman–Crippen LogP) is 5.79. The molecule has 3 rings (SSSR count). The third-order valence-electron chi connectivity index (χ3n) is 4.89. The van der Waals surface area contributed by atoms with Gasteiger partial charge in [0.2, 0.25) is 5.76 Å². The standard InChI is InChI=1S/C26H26N2O4/c1-4-32-24(25(29)30)16-19-10-12-20(13-11-19)21-6-5-7-23(17-21)28(3)26(31)27-22-14-8-18(2)9-15-22/h5-17H,4H2,1-3H3,(H,27,31)(H,29,30)/b24-16+. The number of ether oxygens (including phenoxy) is 1. The summed E-state index contributed by atoms with van der Waals surface area (Å²) in [5.74, 6) is -1.20. The Bertz CT molecular complexity index is 1120. The van der Waals surface area contributed by atoms with Gasteiger partial charge in [0, 0.05) is 18.4 Å². The van der Waals surface area contributed by atoms with Crippen LogP contribution < -0.4 is 10.2 Å². The third kappa shape index (κ3) is 5.76. The van der Waals surface area contributed by atoms with Crippen LogP contribution in [0.3, 0.4) is 0 Å². The summed E-state index contributed by atoms with van der Waals surface area (Å²) in [6, 6.07) is 22.5. The summed E-state index contributed by atoms with van der Waals surface area (Å²) >= 11 is 0. The van der Waals surface area contributed by atoms with Gasteiger partial charge in [0.1, 0.15) is 0 Å². The lowest BCUT2D eigenvalue weighted by Crippen LogP contribution is -2.31. The van der Waals surface area contributed by atoms with Crippen LogP contribution in [0.25, 0.3) is 17.2 Å². The molecule has 2 N–H and O–H groups in total. The Labute approximate surface area is 187 Å². The van der Waals surface area contributed by atoms with Crippen molar-refractivity contribution in [2.75, 3.05) is 23.9 Å². The summed E-state index contributed by atoms with van der Waals surface area (Å²) in [5, 5.41) is 12.1. The fraction of sp³-hybridized carbons (Fsp3) is 0.154. The normalized spacial score (nSPS) is 11.0. The average Bonchev–Trinajstić information content (AvgIpc) is 2.80. The van der Waals surface area contributed by atoms with Gasteiger partial charge in [-0.25, -0.2) is 9.59 Å². The van der Waals surface area contributed by atoms with Crippen molar-refractivity contribution in [1.29, 1.82) is 0 Å². The molecule has 3 aromatic carbocycles. The number of anilines is 2. The first-order valence-corrected chi connectivity index (χ1v) is 10.3. The first-order valence-electron chi connectivity index (χ1n) is 10.3. The predicted molar refractivity (Wildman–Crippen MR) is 128 cm³/mol. The summed E-state index contributed by atoms with van der Waals surface area (Å²) in [6.07, 6.45) is 1.50. The molecule has 0 unspecified atom stereocenters. The van der Waals surface area contributed by atoms with E-state index in [1.807, 2.05) is 79.7 Å². The fourth-order valence-electron chi connectivity index (χ4n) is 3.10. The van der Waals surface area contributed by atoms with Gasteiger partial charge < -0.3 is 15.2 Å². The van der Waals surface area contributed by atoms with Gasteiger partial charge in [-0.15, -0.1) is 0 Å². The molecular formula is C26H26N2O4. The van der Waals surface area contributed by atoms with Crippen molar-refractivity contribution in [2.24, 2.45) is 0 Å². The van der Waals surface area contributed by atoms with Crippen LogP contribution >= 0.6 is 0 Å². The Morgan fingerprint density at radius 1 is 1.00 bits per heavy atom. The lowest BCUT2D eigenvalue weighted by Gasteiger charge is -2.19. The molecule has 0 radical (unpaired) electrons. The molecule has 0 aliphatic carbocycles. The number of hydrogen-bond donors (Lipinski definition) is 2. The minimum absolute atomic E-state index is 0.0940. The van der Waals surface area contributed by atoms with Crippen molar-refractivity contribution in [1.82, 2.24) is 0 Å². The molecule has 0 aliphatic heterocycles. The van der Waals surface area contributed by atoms with Gasteiger partial charge in [0.25, 0.3) is 0 Å². The number of nitrogens with one attached hydrogen (secondary N) is 1. The third-order valence-corrected chi connectivity index (χ3v) is 4.89. The molecule has 6 nitrogen and oxygen atoms in total. The Kier molecular flexibility index (Phi) is 7.29. The van der Waals surface area contributed by atoms with Crippen LogP contribution in [0.15, 0.2) is 78.6 Å². The van der Waals surface area contributed by atoms with E-state index in [0.29, 0.717) is 0 Å². The highest BCUT2D eigenvalue weighted by molar-refractivity contribution is 6.01. The van der Waals surface area contributed by atoms with Crippen LogP contribution in [0.5, 0.6) is 0 Å². The number of amides is 2. The number of carboxylic acid groups (broad SMARTS) is 1. The summed E-state index contributed by atoms with van der Waals surface area (Å²) in [5.41, 5.74) is 5.23. The highest BCUT2D eigenvalue weighted by Gasteiger charge is 2.12. The van der Waals surface area contributed by atoms with Crippen molar-refractivity contribution in [2.45, 2.75) is 13.8 Å². The maximum atomic E-state index is 12.6. The number of carboxylic acids is 1. The van der Waals surface area contributed by atoms with Crippen molar-refractivity contribution >= 4 is 29.5 Å². The van der Waals surface area contributed by atoms with Gasteiger partial charge >= 0.3 is 12.0 Å². The van der Waals surface area contributed by atoms with Gasteiger partial charge in [-0.3, -0.25) is 4.90 Å². The summed E-state index contributed by atoms with van der Waals surface area (Å²) < 4.78 is 5.15. The monoisotopic (exact) mass is 430 g/mol. The molecule has 0 aliphatic rings. The van der Waals surface area contributed by atoms with Crippen LogP contribution in [-0.4, -0.2) is 30.8 Å². The molecule has 0 saturated carbocycles. The first-order chi connectivity index (χ1) is 15.4. The second kappa shape index (κ2) is 10.3. The molecule has 0 fully saturated rings. The van der Waals surface area contributed by atoms with Gasteiger partial charge in [-0.05, 0) is 60.9 Å². The molecule has 0 bridgehead atoms. The molecule has 32 heavy (non-hydrogen) atoms. The van der Waals surface area contributed by atoms with Crippen LogP contribution in [0.1, 0.15) is 18.1 Å². The van der Waals surface area contributed by atoms with Crippen molar-refractivity contribution in [3.8, 4) is 11.1 Å². The summed E-state index contributed by atoms with van der Waals surface area (Å²) in [6.45, 7) is 4.02. The van der Waals surface area contributed by atoms with E-state index in [-0.39, 0.29) is 18.4 Å². The number of benzene rings is 3. The van der Waals surface area contributed by atoms with Crippen molar-refractivity contribution < 1.29 is 19.4 Å². The molecule has 0 aromatic heterocycles. The molecule has 164 valence electrons. The van der Waals surface area contributed by atoms with E-state index in [1.165, 1.54) is 6.08 Å². The number of carbonyl (C=O) groups is 2. The zero-order valence-electron chi connectivity index (χ0n) is 18.3. The lowest BCUT2D eigenvalue weighted by molar-refractivity contribution is -0.136. The van der Waals surface area contributed by atoms with Crippen LogP contribution in [0.2, 0.25) is 0 Å². The highest BCUT2D eigenvalue weighted by atomic mass is 16.5. The summed E-state index contributed by atoms with van der Waals surface area (Å²) in [4.78, 5) is 25.4. The van der Waals surface area contributed by atoms with E-state index in [9.17, 15) is 14.7 Å². The Hall–Kier alpha value is -4.06. The van der Waals surface area contributed by atoms with Crippen LogP contribution in [0.4, 0.5) is 16.2 Å². The molecule has 0 atom stereocenters. The van der Waals surface area contributed by atoms with Gasteiger partial charge in [-0.2, -0.15) is 0 Å². The minimum Gasteiger partial charge on any atom is -0.487 e. The number of aryl methyl sites for hydroxylation is 1. The Morgan fingerprint density at radius 2 is 1.69 bits per heavy atom. The Balaban J connectivity index is 1.76. The maximum absolute atomic E-state index is 12.6. The lowest BCUT2D eigenvalue weighted by atomic mass is 10.0. The van der Waals surface area contributed by atoms with Crippen molar-refractivity contribution in [3.63, 3.8) is 0 Å². The van der Waals surface area contributed by atoms with Gasteiger partial charge in [0.05, 0.1) is 6.61 Å². The number of rotatable bonds is 7. The second-order valence-corrected chi connectivity index (χ2v) is 7.27. The number of carbonyl (C=O) groups excluding carboxylic acids is 1. The highest BCUT2D eigenvalue weighted by Crippen LogP contribution is 2.26. The molecule has 6 heteroatoms. The molecule has 0 spiro atoms. The largest absolute Gasteiger partial charge is 0.487 e.